The van der Waals surface area contributed by atoms with Crippen molar-refractivity contribution >= 4 is 11.4 Å². The zero-order valence-electron chi connectivity index (χ0n) is 11.4. The van der Waals surface area contributed by atoms with Gasteiger partial charge in [0, 0.05) is 6.54 Å². The van der Waals surface area contributed by atoms with Crippen LogP contribution < -0.4 is 15.8 Å². The Morgan fingerprint density at radius 1 is 1.11 bits per heavy atom. The number of anilines is 2. The van der Waals surface area contributed by atoms with Gasteiger partial charge in [-0.15, -0.1) is 0 Å². The van der Waals surface area contributed by atoms with Gasteiger partial charge in [-0.05, 0) is 42.7 Å². The first-order valence-corrected chi connectivity index (χ1v) is 6.42. The van der Waals surface area contributed by atoms with Crippen molar-refractivity contribution < 1.29 is 4.74 Å². The first kappa shape index (κ1) is 13.3. The van der Waals surface area contributed by atoms with Gasteiger partial charge in [0.15, 0.2) is 0 Å². The van der Waals surface area contributed by atoms with Crippen LogP contribution in [0.5, 0.6) is 5.75 Å². The Morgan fingerprint density at radius 3 is 2.47 bits per heavy atom. The molecule has 3 heteroatoms. The summed E-state index contributed by atoms with van der Waals surface area (Å²) in [4.78, 5) is 0. The topological polar surface area (TPSA) is 47.3 Å². The summed E-state index contributed by atoms with van der Waals surface area (Å²) in [6.07, 6.45) is 0.956. The van der Waals surface area contributed by atoms with Crippen molar-refractivity contribution in [2.24, 2.45) is 0 Å². The second kappa shape index (κ2) is 6.14. The average Bonchev–Trinajstić information content (AvgIpc) is 2.43. The van der Waals surface area contributed by atoms with Crippen molar-refractivity contribution in [1.82, 2.24) is 0 Å². The molecule has 0 aromatic heterocycles. The van der Waals surface area contributed by atoms with Gasteiger partial charge in [-0.1, -0.05) is 24.3 Å². The Labute approximate surface area is 114 Å². The fraction of sp³-hybridized carbons (Fsp3) is 0.250. The van der Waals surface area contributed by atoms with Gasteiger partial charge in [0.2, 0.25) is 0 Å². The summed E-state index contributed by atoms with van der Waals surface area (Å²) in [5.41, 5.74) is 10.3. The molecule has 3 N–H and O–H groups in total. The van der Waals surface area contributed by atoms with Gasteiger partial charge in [-0.25, -0.2) is 0 Å². The van der Waals surface area contributed by atoms with Crippen LogP contribution >= 0.6 is 0 Å². The summed E-state index contributed by atoms with van der Waals surface area (Å²) in [6, 6.07) is 14.1. The van der Waals surface area contributed by atoms with Crippen LogP contribution in [0.15, 0.2) is 42.5 Å². The summed E-state index contributed by atoms with van der Waals surface area (Å²) in [5, 5.41) is 3.40. The molecule has 0 amide bonds. The SMILES string of the molecule is COc1ccc(CCNc2c(C)cccc2N)cc1. The van der Waals surface area contributed by atoms with Gasteiger partial charge >= 0.3 is 0 Å². The van der Waals surface area contributed by atoms with Crippen molar-refractivity contribution in [2.45, 2.75) is 13.3 Å². The van der Waals surface area contributed by atoms with Crippen LogP contribution in [0.1, 0.15) is 11.1 Å². The molecule has 0 spiro atoms. The Morgan fingerprint density at radius 2 is 1.84 bits per heavy atom. The molecule has 2 aromatic carbocycles. The van der Waals surface area contributed by atoms with Crippen LogP contribution in [-0.2, 0) is 6.42 Å². The second-order valence-corrected chi connectivity index (χ2v) is 4.56. The van der Waals surface area contributed by atoms with E-state index in [0.717, 1.165) is 30.1 Å². The maximum Gasteiger partial charge on any atom is 0.118 e. The molecule has 100 valence electrons. The van der Waals surface area contributed by atoms with Crippen LogP contribution in [0.2, 0.25) is 0 Å². The van der Waals surface area contributed by atoms with E-state index in [-0.39, 0.29) is 0 Å². The number of hydrogen-bond acceptors (Lipinski definition) is 3. The van der Waals surface area contributed by atoms with E-state index < -0.39 is 0 Å². The number of nitrogens with one attached hydrogen (secondary N) is 1. The number of hydrogen-bond donors (Lipinski definition) is 2. The summed E-state index contributed by atoms with van der Waals surface area (Å²) in [5.74, 6) is 0.889. The van der Waals surface area contributed by atoms with E-state index in [4.69, 9.17) is 10.5 Å². The molecule has 0 radical (unpaired) electrons. The molecule has 0 aliphatic heterocycles. The highest BCUT2D eigenvalue weighted by Gasteiger charge is 2.01. The number of nitrogens with two attached hydrogens (primary N) is 1. The highest BCUT2D eigenvalue weighted by molar-refractivity contribution is 5.69. The lowest BCUT2D eigenvalue weighted by Crippen LogP contribution is -2.08. The Bertz CT molecular complexity index is 515. The Kier molecular flexibility index (Phi) is 4.29. The molecule has 3 nitrogen and oxygen atoms in total. The minimum absolute atomic E-state index is 0.801. The number of rotatable bonds is 5. The predicted octanol–water partition coefficient (Wildman–Crippen LogP) is 3.24. The number of ether oxygens (including phenoxy) is 1. The summed E-state index contributed by atoms with van der Waals surface area (Å²) < 4.78 is 5.14. The quantitative estimate of drug-likeness (QED) is 0.807. The summed E-state index contributed by atoms with van der Waals surface area (Å²) >= 11 is 0. The van der Waals surface area contributed by atoms with Crippen molar-refractivity contribution in [3.8, 4) is 5.75 Å². The normalized spacial score (nSPS) is 10.2. The molecule has 19 heavy (non-hydrogen) atoms. The number of aryl methyl sites for hydroxylation is 1. The lowest BCUT2D eigenvalue weighted by molar-refractivity contribution is 0.414. The van der Waals surface area contributed by atoms with Gasteiger partial charge in [-0.3, -0.25) is 0 Å². The fourth-order valence-electron chi connectivity index (χ4n) is 2.06. The Balaban J connectivity index is 1.92. The van der Waals surface area contributed by atoms with Gasteiger partial charge < -0.3 is 15.8 Å². The molecule has 0 atom stereocenters. The van der Waals surface area contributed by atoms with Crippen LogP contribution in [0.25, 0.3) is 0 Å². The zero-order valence-corrected chi connectivity index (χ0v) is 11.4. The molecule has 0 saturated heterocycles. The summed E-state index contributed by atoms with van der Waals surface area (Å²) in [6.45, 7) is 2.92. The Hall–Kier alpha value is -2.16. The molecular weight excluding hydrogens is 236 g/mol. The summed E-state index contributed by atoms with van der Waals surface area (Å²) in [7, 11) is 1.68. The molecule has 0 saturated carbocycles. The van der Waals surface area contributed by atoms with Gasteiger partial charge in [0.1, 0.15) is 5.75 Å². The maximum atomic E-state index is 5.96. The zero-order chi connectivity index (χ0) is 13.7. The van der Waals surface area contributed by atoms with Gasteiger partial charge in [0.05, 0.1) is 18.5 Å². The lowest BCUT2D eigenvalue weighted by atomic mass is 10.1. The molecule has 0 heterocycles. The standard InChI is InChI=1S/C16H20N2O/c1-12-4-3-5-15(17)16(12)18-11-10-13-6-8-14(19-2)9-7-13/h3-9,18H,10-11,17H2,1-2H3. The van der Waals surface area contributed by atoms with E-state index in [2.05, 4.69) is 30.4 Å². The first-order chi connectivity index (χ1) is 9.20. The smallest absolute Gasteiger partial charge is 0.118 e. The van der Waals surface area contributed by atoms with Crippen molar-refractivity contribution in [1.29, 1.82) is 0 Å². The molecule has 2 aromatic rings. The van der Waals surface area contributed by atoms with Crippen molar-refractivity contribution in [3.63, 3.8) is 0 Å². The van der Waals surface area contributed by atoms with E-state index in [9.17, 15) is 0 Å². The second-order valence-electron chi connectivity index (χ2n) is 4.56. The van der Waals surface area contributed by atoms with E-state index in [0.29, 0.717) is 0 Å². The maximum absolute atomic E-state index is 5.96. The third kappa shape index (κ3) is 3.41. The third-order valence-corrected chi connectivity index (χ3v) is 3.18. The van der Waals surface area contributed by atoms with Crippen LogP contribution in [0.4, 0.5) is 11.4 Å². The predicted molar refractivity (Wildman–Crippen MR) is 80.8 cm³/mol. The average molecular weight is 256 g/mol. The minimum atomic E-state index is 0.801. The van der Waals surface area contributed by atoms with Gasteiger partial charge in [0.25, 0.3) is 0 Å². The minimum Gasteiger partial charge on any atom is -0.497 e. The molecule has 0 aliphatic carbocycles. The number of benzene rings is 2. The highest BCUT2D eigenvalue weighted by atomic mass is 16.5. The molecule has 2 rings (SSSR count). The first-order valence-electron chi connectivity index (χ1n) is 6.42. The largest absolute Gasteiger partial charge is 0.497 e. The van der Waals surface area contributed by atoms with E-state index in [1.807, 2.05) is 24.3 Å². The number of nitrogen functional groups attached to an aromatic ring is 1. The number of methoxy groups -OCH3 is 1. The third-order valence-electron chi connectivity index (χ3n) is 3.18. The van der Waals surface area contributed by atoms with Crippen LogP contribution in [0, 0.1) is 6.92 Å². The monoisotopic (exact) mass is 256 g/mol. The molecular formula is C16H20N2O. The number of para-hydroxylation sites is 1. The lowest BCUT2D eigenvalue weighted by Gasteiger charge is -2.12. The molecule has 0 unspecified atom stereocenters. The van der Waals surface area contributed by atoms with Crippen molar-refractivity contribution in [2.75, 3.05) is 24.7 Å². The molecule has 0 fully saturated rings. The van der Waals surface area contributed by atoms with Crippen LogP contribution in [0.3, 0.4) is 0 Å². The van der Waals surface area contributed by atoms with Crippen LogP contribution in [-0.4, -0.2) is 13.7 Å². The van der Waals surface area contributed by atoms with Gasteiger partial charge in [-0.2, -0.15) is 0 Å². The highest BCUT2D eigenvalue weighted by Crippen LogP contribution is 2.22. The van der Waals surface area contributed by atoms with E-state index >= 15 is 0 Å². The fourth-order valence-corrected chi connectivity index (χ4v) is 2.06. The van der Waals surface area contributed by atoms with E-state index in [1.165, 1.54) is 11.1 Å². The van der Waals surface area contributed by atoms with Crippen molar-refractivity contribution in [3.05, 3.63) is 53.6 Å². The van der Waals surface area contributed by atoms with E-state index in [1.54, 1.807) is 7.11 Å². The molecule has 0 bridgehead atoms. The molecule has 0 aliphatic rings.